The van der Waals surface area contributed by atoms with E-state index in [0.717, 1.165) is 25.9 Å². The number of piperazine rings is 1. The minimum Gasteiger partial charge on any atom is -0.351 e. The van der Waals surface area contributed by atoms with Crippen molar-refractivity contribution in [1.29, 1.82) is 0 Å². The molecule has 0 unspecified atom stereocenters. The van der Waals surface area contributed by atoms with Gasteiger partial charge in [-0.2, -0.15) is 0 Å². The summed E-state index contributed by atoms with van der Waals surface area (Å²) in [7, 11) is 0. The summed E-state index contributed by atoms with van der Waals surface area (Å²) >= 11 is 0. The van der Waals surface area contributed by atoms with Crippen LogP contribution in [-0.2, 0) is 11.2 Å². The maximum Gasteiger partial charge on any atom is 0.234 e. The van der Waals surface area contributed by atoms with Gasteiger partial charge in [0.15, 0.2) is 0 Å². The van der Waals surface area contributed by atoms with E-state index in [1.54, 1.807) is 0 Å². The van der Waals surface area contributed by atoms with E-state index < -0.39 is 0 Å². The van der Waals surface area contributed by atoms with Crippen molar-refractivity contribution in [2.24, 2.45) is 5.73 Å². The first kappa shape index (κ1) is 13.1. The lowest BCUT2D eigenvalue weighted by molar-refractivity contribution is -0.125. The van der Waals surface area contributed by atoms with Crippen LogP contribution in [0.2, 0.25) is 0 Å². The van der Waals surface area contributed by atoms with E-state index in [1.165, 1.54) is 5.56 Å². The molecule has 1 aromatic rings. The molecule has 98 valence electrons. The molecule has 0 aliphatic carbocycles. The third kappa shape index (κ3) is 3.82. The Morgan fingerprint density at radius 1 is 1.33 bits per heavy atom. The Morgan fingerprint density at radius 3 is 2.83 bits per heavy atom. The van der Waals surface area contributed by atoms with Crippen LogP contribution >= 0.6 is 0 Å². The predicted octanol–water partition coefficient (Wildman–Crippen LogP) is 0.378. The first-order chi connectivity index (χ1) is 8.78. The molecule has 4 heteroatoms. The van der Waals surface area contributed by atoms with Crippen molar-refractivity contribution in [3.05, 3.63) is 35.9 Å². The van der Waals surface area contributed by atoms with E-state index in [4.69, 9.17) is 5.73 Å². The van der Waals surface area contributed by atoms with Crippen LogP contribution in [0.15, 0.2) is 30.3 Å². The van der Waals surface area contributed by atoms with E-state index in [0.29, 0.717) is 13.1 Å². The fourth-order valence-corrected chi connectivity index (χ4v) is 2.40. The van der Waals surface area contributed by atoms with Gasteiger partial charge in [-0.15, -0.1) is 0 Å². The van der Waals surface area contributed by atoms with Gasteiger partial charge in [0.25, 0.3) is 0 Å². The van der Waals surface area contributed by atoms with E-state index in [2.05, 4.69) is 22.3 Å². The molecule has 1 aliphatic heterocycles. The molecular weight excluding hydrogens is 226 g/mol. The van der Waals surface area contributed by atoms with Gasteiger partial charge in [0.2, 0.25) is 5.91 Å². The minimum absolute atomic E-state index is 0.124. The Bertz CT molecular complexity index is 380. The van der Waals surface area contributed by atoms with E-state index in [9.17, 15) is 4.79 Å². The van der Waals surface area contributed by atoms with Gasteiger partial charge in [-0.25, -0.2) is 0 Å². The smallest absolute Gasteiger partial charge is 0.234 e. The number of hydrogen-bond donors (Lipinski definition) is 2. The number of nitrogens with two attached hydrogens (primary N) is 1. The zero-order chi connectivity index (χ0) is 12.8. The number of amides is 1. The molecule has 2 rings (SSSR count). The van der Waals surface area contributed by atoms with Crippen LogP contribution in [0.4, 0.5) is 0 Å². The summed E-state index contributed by atoms with van der Waals surface area (Å²) in [5.41, 5.74) is 6.78. The van der Waals surface area contributed by atoms with Gasteiger partial charge in [-0.1, -0.05) is 30.3 Å². The highest BCUT2D eigenvalue weighted by Crippen LogP contribution is 2.08. The van der Waals surface area contributed by atoms with Gasteiger partial charge in [0.1, 0.15) is 0 Å². The molecule has 0 spiro atoms. The van der Waals surface area contributed by atoms with Gasteiger partial charge in [0.05, 0.1) is 6.54 Å². The Labute approximate surface area is 108 Å². The number of nitrogens with one attached hydrogen (secondary N) is 1. The molecule has 1 saturated heterocycles. The molecule has 0 aromatic heterocycles. The van der Waals surface area contributed by atoms with Crippen molar-refractivity contribution in [1.82, 2.24) is 10.2 Å². The summed E-state index contributed by atoms with van der Waals surface area (Å²) < 4.78 is 0. The number of rotatable bonds is 5. The topological polar surface area (TPSA) is 58.4 Å². The number of carbonyl (C=O) groups excluding carboxylic acids is 1. The largest absolute Gasteiger partial charge is 0.351 e. The van der Waals surface area contributed by atoms with Crippen LogP contribution in [0.25, 0.3) is 0 Å². The van der Waals surface area contributed by atoms with Crippen molar-refractivity contribution in [3.8, 4) is 0 Å². The van der Waals surface area contributed by atoms with Crippen LogP contribution in [0, 0.1) is 0 Å². The normalized spacial score (nSPS) is 20.7. The average molecular weight is 247 g/mol. The quantitative estimate of drug-likeness (QED) is 0.791. The van der Waals surface area contributed by atoms with Gasteiger partial charge < -0.3 is 11.1 Å². The average Bonchev–Trinajstić information content (AvgIpc) is 2.37. The fourth-order valence-electron chi connectivity index (χ4n) is 2.40. The van der Waals surface area contributed by atoms with E-state index in [1.807, 2.05) is 18.2 Å². The summed E-state index contributed by atoms with van der Waals surface area (Å²) in [6.07, 6.45) is 1.84. The second kappa shape index (κ2) is 6.52. The van der Waals surface area contributed by atoms with Crippen molar-refractivity contribution < 1.29 is 4.79 Å². The monoisotopic (exact) mass is 247 g/mol. The molecule has 0 bridgehead atoms. The van der Waals surface area contributed by atoms with Gasteiger partial charge in [-0.3, -0.25) is 9.69 Å². The highest BCUT2D eigenvalue weighted by molar-refractivity contribution is 5.79. The van der Waals surface area contributed by atoms with Crippen molar-refractivity contribution >= 4 is 5.91 Å². The fraction of sp³-hybridized carbons (Fsp3) is 0.500. The third-order valence-electron chi connectivity index (χ3n) is 3.21. The van der Waals surface area contributed by atoms with Crippen LogP contribution in [0.1, 0.15) is 12.0 Å². The maximum atomic E-state index is 11.7. The third-order valence-corrected chi connectivity index (χ3v) is 3.21. The molecule has 1 amide bonds. The number of carbonyl (C=O) groups is 1. The number of nitrogens with zero attached hydrogens (tertiary/aromatic N) is 1. The lowest BCUT2D eigenvalue weighted by atomic mass is 10.0. The second-order valence-corrected chi connectivity index (χ2v) is 4.83. The molecule has 1 fully saturated rings. The van der Waals surface area contributed by atoms with Crippen LogP contribution < -0.4 is 11.1 Å². The van der Waals surface area contributed by atoms with E-state index in [-0.39, 0.29) is 11.9 Å². The lowest BCUT2D eigenvalue weighted by Gasteiger charge is -2.33. The summed E-state index contributed by atoms with van der Waals surface area (Å²) in [5, 5.41) is 3.06. The zero-order valence-corrected chi connectivity index (χ0v) is 10.6. The van der Waals surface area contributed by atoms with Crippen LogP contribution in [-0.4, -0.2) is 43.0 Å². The Kier molecular flexibility index (Phi) is 4.73. The molecule has 1 aromatic carbocycles. The second-order valence-electron chi connectivity index (χ2n) is 4.83. The van der Waals surface area contributed by atoms with Crippen molar-refractivity contribution in [2.45, 2.75) is 18.9 Å². The van der Waals surface area contributed by atoms with Crippen molar-refractivity contribution in [3.63, 3.8) is 0 Å². The highest BCUT2D eigenvalue weighted by Gasteiger charge is 2.23. The molecule has 4 nitrogen and oxygen atoms in total. The molecular formula is C14H21N3O. The summed E-state index contributed by atoms with van der Waals surface area (Å²) in [6, 6.07) is 10.5. The molecule has 0 saturated carbocycles. The van der Waals surface area contributed by atoms with Gasteiger partial charge in [-0.05, 0) is 31.5 Å². The number of hydrogen-bond acceptors (Lipinski definition) is 3. The minimum atomic E-state index is 0.124. The van der Waals surface area contributed by atoms with Crippen molar-refractivity contribution in [2.75, 3.05) is 26.2 Å². The molecule has 1 aliphatic rings. The predicted molar refractivity (Wildman–Crippen MR) is 72.2 cm³/mol. The van der Waals surface area contributed by atoms with Gasteiger partial charge in [0, 0.05) is 12.6 Å². The van der Waals surface area contributed by atoms with Crippen LogP contribution in [0.5, 0.6) is 0 Å². The Hall–Kier alpha value is -1.39. The lowest BCUT2D eigenvalue weighted by Crippen LogP contribution is -2.55. The van der Waals surface area contributed by atoms with Crippen LogP contribution in [0.3, 0.4) is 0 Å². The molecule has 0 radical (unpaired) electrons. The van der Waals surface area contributed by atoms with E-state index >= 15 is 0 Å². The molecule has 3 N–H and O–H groups in total. The number of benzene rings is 1. The highest BCUT2D eigenvalue weighted by atomic mass is 16.2. The first-order valence-electron chi connectivity index (χ1n) is 6.53. The SMILES string of the molecule is NCCCN1CC(=O)N[C@@H](Cc2ccccc2)C1. The zero-order valence-electron chi connectivity index (χ0n) is 10.6. The molecule has 1 atom stereocenters. The summed E-state index contributed by atoms with van der Waals surface area (Å²) in [6.45, 7) is 3.02. The first-order valence-corrected chi connectivity index (χ1v) is 6.53. The molecule has 18 heavy (non-hydrogen) atoms. The Morgan fingerprint density at radius 2 is 2.11 bits per heavy atom. The summed E-state index contributed by atoms with van der Waals surface area (Å²) in [4.78, 5) is 13.8. The van der Waals surface area contributed by atoms with Gasteiger partial charge >= 0.3 is 0 Å². The Balaban J connectivity index is 1.90. The summed E-state index contributed by atoms with van der Waals surface area (Å²) in [5.74, 6) is 0.124. The standard InChI is InChI=1S/C14H21N3O/c15-7-4-8-17-10-13(16-14(18)11-17)9-12-5-2-1-3-6-12/h1-3,5-6,13H,4,7-11,15H2,(H,16,18)/t13-/m0/s1. The maximum absolute atomic E-state index is 11.7. The molecule has 1 heterocycles.